The van der Waals surface area contributed by atoms with E-state index in [-0.39, 0.29) is 42.4 Å². The van der Waals surface area contributed by atoms with Crippen molar-refractivity contribution in [3.05, 3.63) is 59.7 Å². The first-order valence-corrected chi connectivity index (χ1v) is 12.6. The zero-order valence-electron chi connectivity index (χ0n) is 19.5. The van der Waals surface area contributed by atoms with Crippen LogP contribution in [0.4, 0.5) is 4.79 Å². The fraction of sp³-hybridized carbons (Fsp3) is 0.464. The Kier molecular flexibility index (Phi) is 5.31. The molecule has 182 valence electrons. The third kappa shape index (κ3) is 3.87. The predicted molar refractivity (Wildman–Crippen MR) is 129 cm³/mol. The van der Waals surface area contributed by atoms with Crippen molar-refractivity contribution in [3.63, 3.8) is 0 Å². The van der Waals surface area contributed by atoms with Gasteiger partial charge in [0.2, 0.25) is 5.91 Å². The molecule has 0 aliphatic heterocycles. The molecular weight excluding hydrogens is 444 g/mol. The van der Waals surface area contributed by atoms with E-state index >= 15 is 0 Å². The van der Waals surface area contributed by atoms with E-state index in [4.69, 9.17) is 4.74 Å². The van der Waals surface area contributed by atoms with Crippen LogP contribution < -0.4 is 10.6 Å². The first-order chi connectivity index (χ1) is 16.9. The lowest BCUT2D eigenvalue weighted by molar-refractivity contribution is -0.144. The molecule has 4 aliphatic rings. The smallest absolute Gasteiger partial charge is 0.407 e. The minimum absolute atomic E-state index is 0.0157. The maximum absolute atomic E-state index is 12.8. The van der Waals surface area contributed by atoms with Crippen LogP contribution in [0.1, 0.15) is 55.6 Å². The lowest BCUT2D eigenvalue weighted by Gasteiger charge is -2.19. The molecule has 0 heterocycles. The SMILES string of the molecule is O=C(N[C@H]1CC[C@@H](C(=O)N[C@H]2C[C@@H]3C[C@]3(C(=O)O)C2)C1)OCC1c2ccccc2-c2ccccc21. The molecule has 4 aliphatic carbocycles. The average molecular weight is 475 g/mol. The van der Waals surface area contributed by atoms with Crippen molar-refractivity contribution in [2.45, 2.75) is 56.5 Å². The second-order valence-electron chi connectivity index (χ2n) is 10.7. The first kappa shape index (κ1) is 22.1. The number of amides is 2. The van der Waals surface area contributed by atoms with Crippen LogP contribution in [0.2, 0.25) is 0 Å². The summed E-state index contributed by atoms with van der Waals surface area (Å²) >= 11 is 0. The van der Waals surface area contributed by atoms with Crippen molar-refractivity contribution in [1.82, 2.24) is 10.6 Å². The highest BCUT2D eigenvalue weighted by molar-refractivity contribution is 5.82. The number of alkyl carbamates (subject to hydrolysis) is 1. The third-order valence-electron chi connectivity index (χ3n) is 8.65. The van der Waals surface area contributed by atoms with Gasteiger partial charge in [0.25, 0.3) is 0 Å². The van der Waals surface area contributed by atoms with Crippen LogP contribution in [0, 0.1) is 17.3 Å². The molecule has 7 heteroatoms. The van der Waals surface area contributed by atoms with Gasteiger partial charge >= 0.3 is 12.1 Å². The van der Waals surface area contributed by atoms with Crippen molar-refractivity contribution in [1.29, 1.82) is 0 Å². The Morgan fingerprint density at radius 1 is 0.886 bits per heavy atom. The quantitative estimate of drug-likeness (QED) is 0.586. The van der Waals surface area contributed by atoms with E-state index in [1.54, 1.807) is 0 Å². The third-order valence-corrected chi connectivity index (χ3v) is 8.65. The van der Waals surface area contributed by atoms with E-state index in [0.717, 1.165) is 19.3 Å². The number of aliphatic carboxylic acids is 1. The fourth-order valence-corrected chi connectivity index (χ4v) is 6.74. The summed E-state index contributed by atoms with van der Waals surface area (Å²) in [7, 11) is 0. The minimum atomic E-state index is -0.729. The van der Waals surface area contributed by atoms with Gasteiger partial charge in [0.1, 0.15) is 6.61 Å². The average Bonchev–Trinajstić information content (AvgIpc) is 3.17. The highest BCUT2D eigenvalue weighted by Gasteiger charge is 2.65. The molecular formula is C28H30N2O5. The molecule has 5 atom stereocenters. The molecule has 0 radical (unpaired) electrons. The molecule has 0 aromatic heterocycles. The molecule has 7 nitrogen and oxygen atoms in total. The Hall–Kier alpha value is -3.35. The number of ether oxygens (including phenoxy) is 1. The summed E-state index contributed by atoms with van der Waals surface area (Å²) < 4.78 is 5.65. The Balaban J connectivity index is 0.992. The van der Waals surface area contributed by atoms with Crippen LogP contribution in [0.5, 0.6) is 0 Å². The predicted octanol–water partition coefficient (Wildman–Crippen LogP) is 4.06. The molecule has 0 spiro atoms. The van der Waals surface area contributed by atoms with Gasteiger partial charge in [-0.1, -0.05) is 48.5 Å². The second kappa shape index (κ2) is 8.40. The Bertz CT molecular complexity index is 1150. The number of carboxylic acid groups (broad SMARTS) is 1. The minimum Gasteiger partial charge on any atom is -0.481 e. The monoisotopic (exact) mass is 474 g/mol. The zero-order chi connectivity index (χ0) is 24.2. The largest absolute Gasteiger partial charge is 0.481 e. The van der Waals surface area contributed by atoms with Crippen LogP contribution in [0.25, 0.3) is 11.1 Å². The molecule has 0 bridgehead atoms. The van der Waals surface area contributed by atoms with Crippen molar-refractivity contribution in [3.8, 4) is 11.1 Å². The summed E-state index contributed by atoms with van der Waals surface area (Å²) in [6.07, 6.45) is 3.60. The van der Waals surface area contributed by atoms with Gasteiger partial charge in [-0.15, -0.1) is 0 Å². The highest BCUT2D eigenvalue weighted by Crippen LogP contribution is 2.63. The lowest BCUT2D eigenvalue weighted by Crippen LogP contribution is -2.39. The number of carboxylic acids is 1. The van der Waals surface area contributed by atoms with Crippen LogP contribution in [0.15, 0.2) is 48.5 Å². The molecule has 3 saturated carbocycles. The summed E-state index contributed by atoms with van der Waals surface area (Å²) in [5, 5.41) is 15.5. The van der Waals surface area contributed by atoms with Gasteiger partial charge in [-0.3, -0.25) is 9.59 Å². The summed E-state index contributed by atoms with van der Waals surface area (Å²) in [4.78, 5) is 36.8. The molecule has 2 aromatic rings. The van der Waals surface area contributed by atoms with Crippen LogP contribution in [-0.2, 0) is 14.3 Å². The first-order valence-electron chi connectivity index (χ1n) is 12.6. The maximum Gasteiger partial charge on any atom is 0.407 e. The zero-order valence-corrected chi connectivity index (χ0v) is 19.5. The van der Waals surface area contributed by atoms with Gasteiger partial charge in [-0.25, -0.2) is 4.79 Å². The van der Waals surface area contributed by atoms with E-state index in [1.807, 2.05) is 24.3 Å². The number of benzene rings is 2. The van der Waals surface area contributed by atoms with E-state index in [9.17, 15) is 19.5 Å². The molecule has 0 unspecified atom stereocenters. The van der Waals surface area contributed by atoms with Gasteiger partial charge in [-0.05, 0) is 66.7 Å². The number of hydrogen-bond donors (Lipinski definition) is 3. The normalized spacial score (nSPS) is 30.2. The Morgan fingerprint density at radius 2 is 1.57 bits per heavy atom. The molecule has 2 aromatic carbocycles. The number of carbonyl (C=O) groups is 3. The number of hydrogen-bond acceptors (Lipinski definition) is 4. The molecule has 2 amide bonds. The second-order valence-corrected chi connectivity index (χ2v) is 10.7. The molecule has 6 rings (SSSR count). The Morgan fingerprint density at radius 3 is 2.23 bits per heavy atom. The van der Waals surface area contributed by atoms with Gasteiger partial charge in [0, 0.05) is 23.9 Å². The van der Waals surface area contributed by atoms with Crippen molar-refractivity contribution in [2.75, 3.05) is 6.61 Å². The Labute approximate surface area is 204 Å². The standard InChI is InChI=1S/C28H30N2O5/c31-25(29-19-12-17-13-28(17,14-19)26(32)33)16-9-10-18(11-16)30-27(34)35-15-24-22-7-3-1-5-20(22)21-6-2-4-8-23(21)24/h1-8,16-19,24H,9-15H2,(H,29,31)(H,30,34)(H,32,33)/t16-,17-,18+,19+,28+/m1/s1. The van der Waals surface area contributed by atoms with Gasteiger partial charge in [0.05, 0.1) is 5.41 Å². The topological polar surface area (TPSA) is 105 Å². The van der Waals surface area contributed by atoms with E-state index in [0.29, 0.717) is 19.3 Å². The van der Waals surface area contributed by atoms with Crippen molar-refractivity contribution >= 4 is 18.0 Å². The number of rotatable bonds is 6. The van der Waals surface area contributed by atoms with Crippen molar-refractivity contribution in [2.24, 2.45) is 17.3 Å². The van der Waals surface area contributed by atoms with Crippen LogP contribution >= 0.6 is 0 Å². The van der Waals surface area contributed by atoms with Gasteiger partial charge in [0.15, 0.2) is 0 Å². The van der Waals surface area contributed by atoms with Gasteiger partial charge < -0.3 is 20.5 Å². The summed E-state index contributed by atoms with van der Waals surface area (Å²) in [5.41, 5.74) is 4.13. The number of fused-ring (bicyclic) bond motifs is 4. The highest BCUT2D eigenvalue weighted by atomic mass is 16.5. The molecule has 0 saturated heterocycles. The van der Waals surface area contributed by atoms with E-state index in [1.165, 1.54) is 22.3 Å². The van der Waals surface area contributed by atoms with Gasteiger partial charge in [-0.2, -0.15) is 0 Å². The van der Waals surface area contributed by atoms with Crippen LogP contribution in [0.3, 0.4) is 0 Å². The van der Waals surface area contributed by atoms with E-state index in [2.05, 4.69) is 34.9 Å². The molecule has 3 fully saturated rings. The summed E-state index contributed by atoms with van der Waals surface area (Å²) in [6.45, 7) is 0.269. The maximum atomic E-state index is 12.8. The van der Waals surface area contributed by atoms with Crippen LogP contribution in [-0.4, -0.2) is 41.8 Å². The van der Waals surface area contributed by atoms with Crippen molar-refractivity contribution < 1.29 is 24.2 Å². The number of carbonyl (C=O) groups excluding carboxylic acids is 2. The summed E-state index contributed by atoms with van der Waals surface area (Å²) in [5.74, 6) is -0.688. The molecule has 3 N–H and O–H groups in total. The number of nitrogens with one attached hydrogen (secondary N) is 2. The molecule has 35 heavy (non-hydrogen) atoms. The fourth-order valence-electron chi connectivity index (χ4n) is 6.74. The van der Waals surface area contributed by atoms with E-state index < -0.39 is 17.5 Å². The lowest BCUT2D eigenvalue weighted by atomic mass is 9.98. The summed E-state index contributed by atoms with van der Waals surface area (Å²) in [6, 6.07) is 16.3.